The van der Waals surface area contributed by atoms with Crippen molar-refractivity contribution in [3.05, 3.63) is 35.8 Å². The molecule has 0 spiro atoms. The van der Waals surface area contributed by atoms with Gasteiger partial charge in [-0.25, -0.2) is 9.78 Å². The van der Waals surface area contributed by atoms with Crippen LogP contribution in [-0.2, 0) is 4.74 Å². The Balaban J connectivity index is 3.11. The van der Waals surface area contributed by atoms with Gasteiger partial charge >= 0.3 is 12.3 Å². The van der Waals surface area contributed by atoms with E-state index in [1.165, 1.54) is 18.3 Å². The molecule has 0 atom stereocenters. The van der Waals surface area contributed by atoms with E-state index in [0.717, 1.165) is 0 Å². The van der Waals surface area contributed by atoms with Crippen molar-refractivity contribution in [1.82, 2.24) is 10.3 Å². The van der Waals surface area contributed by atoms with Crippen molar-refractivity contribution in [2.75, 3.05) is 5.32 Å². The van der Waals surface area contributed by atoms with E-state index in [1.54, 1.807) is 26.8 Å². The van der Waals surface area contributed by atoms with Crippen LogP contribution < -0.4 is 10.6 Å². The summed E-state index contributed by atoms with van der Waals surface area (Å²) in [6.45, 7) is 4.70. The number of aromatic nitrogens is 1. The molecule has 1 rings (SSSR count). The van der Waals surface area contributed by atoms with E-state index in [-0.39, 0.29) is 5.82 Å². The first-order valence-electron chi connectivity index (χ1n) is 6.53. The molecule has 0 bridgehead atoms. The van der Waals surface area contributed by atoms with Crippen LogP contribution in [0.2, 0.25) is 0 Å². The zero-order valence-corrected chi connectivity index (χ0v) is 12.8. The van der Waals surface area contributed by atoms with Crippen LogP contribution in [0, 0.1) is 5.41 Å². The first-order valence-corrected chi connectivity index (χ1v) is 6.53. The quantitative estimate of drug-likeness (QED) is 0.738. The lowest BCUT2D eigenvalue weighted by molar-refractivity contribution is -0.0910. The Labute approximate surface area is 131 Å². The van der Waals surface area contributed by atoms with Gasteiger partial charge in [-0.2, -0.15) is 13.2 Å². The van der Waals surface area contributed by atoms with Crippen molar-refractivity contribution >= 4 is 18.1 Å². The average molecular weight is 330 g/mol. The summed E-state index contributed by atoms with van der Waals surface area (Å²) < 4.78 is 44.4. The third kappa shape index (κ3) is 6.37. The fourth-order valence-corrected chi connectivity index (χ4v) is 1.44. The second kappa shape index (κ2) is 7.12. The van der Waals surface area contributed by atoms with Gasteiger partial charge in [0, 0.05) is 12.4 Å². The molecule has 0 fully saturated rings. The Morgan fingerprint density at radius 1 is 1.30 bits per heavy atom. The van der Waals surface area contributed by atoms with Crippen LogP contribution in [0.3, 0.4) is 0 Å². The van der Waals surface area contributed by atoms with Gasteiger partial charge in [-0.15, -0.1) is 0 Å². The molecule has 126 valence electrons. The molecule has 0 unspecified atom stereocenters. The molecule has 23 heavy (non-hydrogen) atoms. The lowest BCUT2D eigenvalue weighted by atomic mass is 10.2. The van der Waals surface area contributed by atoms with Gasteiger partial charge in [-0.3, -0.25) is 5.32 Å². The number of carbonyl (C=O) groups is 1. The van der Waals surface area contributed by atoms with Gasteiger partial charge < -0.3 is 15.5 Å². The standard InChI is InChI=1S/C14H17F3N4O2/c1-13(2,3)23-12(22)20-9(8-18)11(14(15,16)17)21-10-6-4-5-7-19-10/h4-8,18H,1-3H3,(H,19,21)(H,20,22)/b11-9+,18-8?. The highest BCUT2D eigenvalue weighted by Gasteiger charge is 2.37. The highest BCUT2D eigenvalue weighted by molar-refractivity contribution is 5.85. The lowest BCUT2D eigenvalue weighted by Crippen LogP contribution is -2.35. The highest BCUT2D eigenvalue weighted by atomic mass is 19.4. The van der Waals surface area contributed by atoms with E-state index in [2.05, 4.69) is 10.3 Å². The zero-order chi connectivity index (χ0) is 17.7. The number of alkyl carbamates (subject to hydrolysis) is 1. The van der Waals surface area contributed by atoms with Gasteiger partial charge in [0.1, 0.15) is 17.1 Å². The Morgan fingerprint density at radius 3 is 2.39 bits per heavy atom. The molecule has 1 aromatic rings. The number of allylic oxidation sites excluding steroid dienone is 2. The molecule has 0 saturated heterocycles. The molecule has 0 aromatic carbocycles. The second-order valence-electron chi connectivity index (χ2n) is 5.40. The van der Waals surface area contributed by atoms with E-state index in [9.17, 15) is 18.0 Å². The number of pyridine rings is 1. The van der Waals surface area contributed by atoms with Gasteiger partial charge in [0.05, 0.1) is 5.70 Å². The number of rotatable bonds is 4. The summed E-state index contributed by atoms with van der Waals surface area (Å²) in [5, 5.41) is 11.1. The second-order valence-corrected chi connectivity index (χ2v) is 5.40. The van der Waals surface area contributed by atoms with Crippen LogP contribution in [0.15, 0.2) is 35.8 Å². The lowest BCUT2D eigenvalue weighted by Gasteiger charge is -2.21. The van der Waals surface area contributed by atoms with Crippen LogP contribution in [0.5, 0.6) is 0 Å². The Kier molecular flexibility index (Phi) is 5.72. The number of hydrogen-bond donors (Lipinski definition) is 3. The van der Waals surface area contributed by atoms with E-state index in [4.69, 9.17) is 10.1 Å². The van der Waals surface area contributed by atoms with E-state index in [0.29, 0.717) is 6.21 Å². The molecule has 0 radical (unpaired) electrons. The number of amides is 1. The van der Waals surface area contributed by atoms with E-state index in [1.807, 2.05) is 5.32 Å². The fraction of sp³-hybridized carbons (Fsp3) is 0.357. The molecule has 0 aliphatic rings. The van der Waals surface area contributed by atoms with Crippen LogP contribution >= 0.6 is 0 Å². The van der Waals surface area contributed by atoms with Gasteiger partial charge in [-0.05, 0) is 32.9 Å². The number of halogens is 3. The van der Waals surface area contributed by atoms with Crippen molar-refractivity contribution in [2.45, 2.75) is 32.5 Å². The normalized spacial score (nSPS) is 13.0. The number of alkyl halides is 3. The van der Waals surface area contributed by atoms with Crippen LogP contribution in [0.4, 0.5) is 23.8 Å². The SMILES string of the molecule is CC(C)(C)OC(=O)N/C(C=N)=C(/Nc1ccccn1)C(F)(F)F. The number of carbonyl (C=O) groups excluding carboxylic acids is 1. The number of nitrogens with one attached hydrogen (secondary N) is 3. The number of nitrogens with zero attached hydrogens (tertiary/aromatic N) is 1. The molecule has 0 aliphatic heterocycles. The summed E-state index contributed by atoms with van der Waals surface area (Å²) in [4.78, 5) is 15.4. The fourth-order valence-electron chi connectivity index (χ4n) is 1.44. The summed E-state index contributed by atoms with van der Waals surface area (Å²) in [7, 11) is 0. The summed E-state index contributed by atoms with van der Waals surface area (Å²) in [5.74, 6) is -0.0786. The molecule has 1 amide bonds. The van der Waals surface area contributed by atoms with Crippen molar-refractivity contribution in [1.29, 1.82) is 5.41 Å². The predicted molar refractivity (Wildman–Crippen MR) is 79.1 cm³/mol. The smallest absolute Gasteiger partial charge is 0.433 e. The van der Waals surface area contributed by atoms with E-state index >= 15 is 0 Å². The summed E-state index contributed by atoms with van der Waals surface area (Å²) >= 11 is 0. The molecule has 9 heteroatoms. The van der Waals surface area contributed by atoms with Crippen LogP contribution in [0.1, 0.15) is 20.8 Å². The molecular formula is C14H17F3N4O2. The largest absolute Gasteiger partial charge is 0.444 e. The maximum Gasteiger partial charge on any atom is 0.433 e. The van der Waals surface area contributed by atoms with Crippen molar-refractivity contribution in [2.24, 2.45) is 0 Å². The summed E-state index contributed by atoms with van der Waals surface area (Å²) in [6.07, 6.45) is -4.25. The minimum absolute atomic E-state index is 0.0786. The van der Waals surface area contributed by atoms with Crippen molar-refractivity contribution < 1.29 is 22.7 Å². The third-order valence-corrected chi connectivity index (χ3v) is 2.25. The molecular weight excluding hydrogens is 313 g/mol. The average Bonchev–Trinajstić information content (AvgIpc) is 2.40. The van der Waals surface area contributed by atoms with E-state index < -0.39 is 29.3 Å². The monoisotopic (exact) mass is 330 g/mol. The maximum absolute atomic E-state index is 13.2. The van der Waals surface area contributed by atoms with Gasteiger partial charge in [-0.1, -0.05) is 6.07 Å². The van der Waals surface area contributed by atoms with Crippen molar-refractivity contribution in [3.63, 3.8) is 0 Å². The van der Waals surface area contributed by atoms with Gasteiger partial charge in [0.15, 0.2) is 0 Å². The molecule has 0 aliphatic carbocycles. The first-order chi connectivity index (χ1) is 10.5. The number of anilines is 1. The summed E-state index contributed by atoms with van der Waals surface area (Å²) in [6, 6.07) is 4.36. The Morgan fingerprint density at radius 2 is 1.96 bits per heavy atom. The summed E-state index contributed by atoms with van der Waals surface area (Å²) in [5.41, 5.74) is -2.99. The van der Waals surface area contributed by atoms with Crippen LogP contribution in [-0.4, -0.2) is 29.1 Å². The Hall–Kier alpha value is -2.58. The number of hydrogen-bond acceptors (Lipinski definition) is 5. The topological polar surface area (TPSA) is 87.1 Å². The molecule has 6 nitrogen and oxygen atoms in total. The molecule has 0 saturated carbocycles. The highest BCUT2D eigenvalue weighted by Crippen LogP contribution is 2.28. The predicted octanol–water partition coefficient (Wildman–Crippen LogP) is 3.44. The zero-order valence-electron chi connectivity index (χ0n) is 12.8. The third-order valence-electron chi connectivity index (χ3n) is 2.25. The molecule has 1 heterocycles. The van der Waals surface area contributed by atoms with Gasteiger partial charge in [0.2, 0.25) is 0 Å². The number of ether oxygens (including phenoxy) is 1. The minimum atomic E-state index is -4.83. The van der Waals surface area contributed by atoms with Crippen molar-refractivity contribution in [3.8, 4) is 0 Å². The minimum Gasteiger partial charge on any atom is -0.444 e. The first kappa shape index (κ1) is 18.5. The van der Waals surface area contributed by atoms with Gasteiger partial charge in [0.25, 0.3) is 0 Å². The maximum atomic E-state index is 13.2. The van der Waals surface area contributed by atoms with Crippen LogP contribution in [0.25, 0.3) is 0 Å². The molecule has 1 aromatic heterocycles. The Bertz CT molecular complexity index is 592. The molecule has 3 N–H and O–H groups in total.